The van der Waals surface area contributed by atoms with Gasteiger partial charge in [-0.05, 0) is 37.1 Å². The summed E-state index contributed by atoms with van der Waals surface area (Å²) in [6, 6.07) is 8.11. The number of nitrogens with zero attached hydrogens (tertiary/aromatic N) is 3. The standard InChI is InChI=1S/C17H17N3O4S2/c1-23-13-4-6-15(7-5-13)26(21,22)20(17-18-8-9-25-17)11-14-10-16(19-24-14)12-2-3-12/h4-10,12H,2-3,11H2,1H3. The van der Waals surface area contributed by atoms with Crippen molar-refractivity contribution in [1.82, 2.24) is 10.1 Å². The molecule has 0 bridgehead atoms. The second-order valence-corrected chi connectivity index (χ2v) is 8.73. The third kappa shape index (κ3) is 3.32. The zero-order valence-corrected chi connectivity index (χ0v) is 15.7. The summed E-state index contributed by atoms with van der Waals surface area (Å²) < 4.78 is 38.1. The maximum Gasteiger partial charge on any atom is 0.266 e. The average Bonchev–Trinajstić information content (AvgIpc) is 3.17. The first kappa shape index (κ1) is 17.0. The van der Waals surface area contributed by atoms with E-state index in [0.717, 1.165) is 18.5 Å². The number of sulfonamides is 1. The molecule has 0 aliphatic heterocycles. The highest BCUT2D eigenvalue weighted by Gasteiger charge is 2.31. The summed E-state index contributed by atoms with van der Waals surface area (Å²) >= 11 is 1.25. The summed E-state index contributed by atoms with van der Waals surface area (Å²) in [5, 5.41) is 6.18. The van der Waals surface area contributed by atoms with Gasteiger partial charge in [0.15, 0.2) is 10.9 Å². The number of hydrogen-bond donors (Lipinski definition) is 0. The van der Waals surface area contributed by atoms with Gasteiger partial charge in [-0.3, -0.25) is 0 Å². The molecule has 1 aliphatic carbocycles. The number of rotatable bonds is 7. The van der Waals surface area contributed by atoms with Gasteiger partial charge >= 0.3 is 0 Å². The monoisotopic (exact) mass is 391 g/mol. The van der Waals surface area contributed by atoms with Crippen molar-refractivity contribution < 1.29 is 17.7 Å². The Morgan fingerprint density at radius 2 is 2.08 bits per heavy atom. The minimum Gasteiger partial charge on any atom is -0.497 e. The Hall–Kier alpha value is -2.39. The highest BCUT2D eigenvalue weighted by molar-refractivity contribution is 7.93. The van der Waals surface area contributed by atoms with E-state index < -0.39 is 10.0 Å². The minimum absolute atomic E-state index is 0.0432. The van der Waals surface area contributed by atoms with Crippen LogP contribution < -0.4 is 9.04 Å². The molecule has 2 aromatic heterocycles. The second-order valence-electron chi connectivity index (χ2n) is 5.99. The fraction of sp³-hybridized carbons (Fsp3) is 0.294. The molecular formula is C17H17N3O4S2. The van der Waals surface area contributed by atoms with Gasteiger partial charge in [0.2, 0.25) is 0 Å². The summed E-state index contributed by atoms with van der Waals surface area (Å²) in [5.74, 6) is 1.53. The lowest BCUT2D eigenvalue weighted by atomic mass is 10.3. The van der Waals surface area contributed by atoms with E-state index in [2.05, 4.69) is 10.1 Å². The molecule has 0 amide bonds. The molecule has 0 N–H and O–H groups in total. The van der Waals surface area contributed by atoms with E-state index in [4.69, 9.17) is 9.26 Å². The van der Waals surface area contributed by atoms with Gasteiger partial charge in [0, 0.05) is 23.6 Å². The number of anilines is 1. The highest BCUT2D eigenvalue weighted by atomic mass is 32.2. The van der Waals surface area contributed by atoms with Crippen molar-refractivity contribution in [3.63, 3.8) is 0 Å². The van der Waals surface area contributed by atoms with E-state index >= 15 is 0 Å². The highest BCUT2D eigenvalue weighted by Crippen LogP contribution is 2.39. The number of methoxy groups -OCH3 is 1. The minimum atomic E-state index is -3.80. The zero-order valence-electron chi connectivity index (χ0n) is 14.0. The van der Waals surface area contributed by atoms with Gasteiger partial charge in [0.1, 0.15) is 5.75 Å². The summed E-state index contributed by atoms with van der Waals surface area (Å²) in [7, 11) is -2.27. The Labute approximate surface area is 155 Å². The predicted octanol–water partition coefficient (Wildman–Crippen LogP) is 3.41. The van der Waals surface area contributed by atoms with Crippen LogP contribution in [0.2, 0.25) is 0 Å². The molecule has 0 radical (unpaired) electrons. The molecule has 1 saturated carbocycles. The molecule has 1 aromatic carbocycles. The first-order valence-electron chi connectivity index (χ1n) is 8.09. The molecule has 0 saturated heterocycles. The van der Waals surface area contributed by atoms with Crippen molar-refractivity contribution >= 4 is 26.5 Å². The number of benzene rings is 1. The van der Waals surface area contributed by atoms with Gasteiger partial charge in [0.25, 0.3) is 10.0 Å². The Kier molecular flexibility index (Phi) is 4.41. The van der Waals surface area contributed by atoms with E-state index in [1.54, 1.807) is 23.7 Å². The van der Waals surface area contributed by atoms with Crippen LogP contribution in [0.3, 0.4) is 0 Å². The Balaban J connectivity index is 1.67. The maximum atomic E-state index is 13.2. The van der Waals surface area contributed by atoms with Crippen molar-refractivity contribution in [2.24, 2.45) is 0 Å². The molecule has 1 aliphatic rings. The van der Waals surface area contributed by atoms with Crippen molar-refractivity contribution in [3.05, 3.63) is 53.4 Å². The molecule has 7 nitrogen and oxygen atoms in total. The van der Waals surface area contributed by atoms with Crippen molar-refractivity contribution in [2.45, 2.75) is 30.2 Å². The number of hydrogen-bond acceptors (Lipinski definition) is 7. The first-order valence-corrected chi connectivity index (χ1v) is 10.4. The molecular weight excluding hydrogens is 374 g/mol. The van der Waals surface area contributed by atoms with Crippen LogP contribution in [0.5, 0.6) is 5.75 Å². The molecule has 136 valence electrons. The first-order chi connectivity index (χ1) is 12.6. The predicted molar refractivity (Wildman–Crippen MR) is 97.0 cm³/mol. The molecule has 4 rings (SSSR count). The molecule has 9 heteroatoms. The van der Waals surface area contributed by atoms with E-state index in [1.807, 2.05) is 6.07 Å². The quantitative estimate of drug-likeness (QED) is 0.613. The zero-order chi connectivity index (χ0) is 18.1. The summed E-state index contributed by atoms with van der Waals surface area (Å²) in [5.41, 5.74) is 0.890. The molecule has 0 unspecified atom stereocenters. The normalized spacial score (nSPS) is 14.3. The second kappa shape index (κ2) is 6.73. The number of ether oxygens (including phenoxy) is 1. The fourth-order valence-corrected chi connectivity index (χ4v) is 4.84. The van der Waals surface area contributed by atoms with Crippen molar-refractivity contribution in [2.75, 3.05) is 11.4 Å². The molecule has 1 fully saturated rings. The number of thiazole rings is 1. The Morgan fingerprint density at radius 1 is 1.31 bits per heavy atom. The van der Waals surface area contributed by atoms with Gasteiger partial charge in [-0.1, -0.05) is 5.16 Å². The fourth-order valence-electron chi connectivity index (χ4n) is 2.59. The lowest BCUT2D eigenvalue weighted by Gasteiger charge is -2.20. The molecule has 2 heterocycles. The summed E-state index contributed by atoms with van der Waals surface area (Å²) in [4.78, 5) is 4.33. The third-order valence-electron chi connectivity index (χ3n) is 4.15. The van der Waals surface area contributed by atoms with Crippen LogP contribution in [-0.2, 0) is 16.6 Å². The lowest BCUT2D eigenvalue weighted by molar-refractivity contribution is 0.378. The summed E-state index contributed by atoms with van der Waals surface area (Å²) in [6.45, 7) is 0.0432. The SMILES string of the molecule is COc1ccc(S(=O)(=O)N(Cc2cc(C3CC3)no2)c2nccs2)cc1. The van der Waals surface area contributed by atoms with Crippen LogP contribution in [0, 0.1) is 0 Å². The van der Waals surface area contributed by atoms with Gasteiger partial charge in [0.05, 0.1) is 24.2 Å². The van der Waals surface area contributed by atoms with Gasteiger partial charge < -0.3 is 9.26 Å². The third-order valence-corrected chi connectivity index (χ3v) is 6.81. The Bertz CT molecular complexity index is 977. The van der Waals surface area contributed by atoms with Crippen LogP contribution in [0.4, 0.5) is 5.13 Å². The van der Waals surface area contributed by atoms with E-state index in [9.17, 15) is 8.42 Å². The van der Waals surface area contributed by atoms with Gasteiger partial charge in [-0.15, -0.1) is 11.3 Å². The van der Waals surface area contributed by atoms with Gasteiger partial charge in [-0.25, -0.2) is 17.7 Å². The van der Waals surface area contributed by atoms with E-state index in [0.29, 0.717) is 22.6 Å². The van der Waals surface area contributed by atoms with Crippen LogP contribution in [0.1, 0.15) is 30.2 Å². The molecule has 3 aromatic rings. The van der Waals surface area contributed by atoms with E-state index in [1.165, 1.54) is 34.9 Å². The molecule has 0 spiro atoms. The van der Waals surface area contributed by atoms with Gasteiger partial charge in [-0.2, -0.15) is 0 Å². The average molecular weight is 391 g/mol. The largest absolute Gasteiger partial charge is 0.497 e. The van der Waals surface area contributed by atoms with Crippen LogP contribution in [0.15, 0.2) is 51.3 Å². The van der Waals surface area contributed by atoms with Crippen LogP contribution in [-0.4, -0.2) is 25.7 Å². The summed E-state index contributed by atoms with van der Waals surface area (Å²) in [6.07, 6.45) is 3.78. The van der Waals surface area contributed by atoms with Crippen molar-refractivity contribution in [1.29, 1.82) is 0 Å². The lowest BCUT2D eigenvalue weighted by Crippen LogP contribution is -2.30. The van der Waals surface area contributed by atoms with Crippen LogP contribution >= 0.6 is 11.3 Å². The molecule has 26 heavy (non-hydrogen) atoms. The number of aromatic nitrogens is 2. The van der Waals surface area contributed by atoms with Crippen LogP contribution in [0.25, 0.3) is 0 Å². The van der Waals surface area contributed by atoms with E-state index in [-0.39, 0.29) is 11.4 Å². The molecule has 0 atom stereocenters. The smallest absolute Gasteiger partial charge is 0.266 e. The Morgan fingerprint density at radius 3 is 2.69 bits per heavy atom. The topological polar surface area (TPSA) is 85.5 Å². The van der Waals surface area contributed by atoms with Crippen molar-refractivity contribution in [3.8, 4) is 5.75 Å². The maximum absolute atomic E-state index is 13.2.